The number of rotatable bonds is 14. The zero-order valence-electron chi connectivity index (χ0n) is 25.4. The average molecular weight is 622 g/mol. The molecule has 0 radical (unpaired) electrons. The fourth-order valence-corrected chi connectivity index (χ4v) is 6.49. The molecule has 0 bridgehead atoms. The molecule has 234 valence electrons. The number of ether oxygens (including phenoxy) is 2. The van der Waals surface area contributed by atoms with Crippen molar-refractivity contribution in [1.29, 1.82) is 0 Å². The Morgan fingerprint density at radius 3 is 1.86 bits per heavy atom. The van der Waals surface area contributed by atoms with Crippen LogP contribution in [0.15, 0.2) is 91.0 Å². The van der Waals surface area contributed by atoms with E-state index in [1.165, 1.54) is 0 Å². The lowest BCUT2D eigenvalue weighted by molar-refractivity contribution is -0.158. The molecular weight excluding hydrogens is 581 g/mol. The van der Waals surface area contributed by atoms with Crippen LogP contribution >= 0.6 is 7.60 Å². The number of benzene rings is 3. The van der Waals surface area contributed by atoms with E-state index in [0.29, 0.717) is 6.42 Å². The maximum atomic E-state index is 14.1. The van der Waals surface area contributed by atoms with Crippen LogP contribution in [0.5, 0.6) is 0 Å². The molecular formula is C34H40NO8P. The van der Waals surface area contributed by atoms with Crippen molar-refractivity contribution in [3.05, 3.63) is 108 Å². The van der Waals surface area contributed by atoms with E-state index in [9.17, 15) is 18.9 Å². The van der Waals surface area contributed by atoms with Crippen molar-refractivity contribution in [2.24, 2.45) is 5.92 Å². The topological polar surface area (TPSA) is 108 Å². The van der Waals surface area contributed by atoms with Crippen molar-refractivity contribution in [3.8, 4) is 0 Å². The lowest BCUT2D eigenvalue weighted by Crippen LogP contribution is -2.44. The second-order valence-corrected chi connectivity index (χ2v) is 13.9. The Kier molecular flexibility index (Phi) is 11.5. The molecule has 1 saturated heterocycles. The number of carbonyl (C=O) groups is 3. The largest absolute Gasteiger partial charge is 0.460 e. The van der Waals surface area contributed by atoms with Gasteiger partial charge in [-0.15, -0.1) is 0 Å². The van der Waals surface area contributed by atoms with Gasteiger partial charge in [0, 0.05) is 5.92 Å². The molecule has 1 aliphatic heterocycles. The number of hydrogen-bond acceptors (Lipinski definition) is 8. The Labute approximate surface area is 259 Å². The summed E-state index contributed by atoms with van der Waals surface area (Å²) in [6, 6.07) is 27.5. The molecule has 0 aliphatic carbocycles. The molecule has 3 aromatic carbocycles. The molecule has 0 N–H and O–H groups in total. The molecule has 3 aromatic rings. The van der Waals surface area contributed by atoms with Crippen LogP contribution in [0.4, 0.5) is 4.79 Å². The zero-order valence-corrected chi connectivity index (χ0v) is 26.3. The van der Waals surface area contributed by atoms with Crippen LogP contribution in [0.25, 0.3) is 0 Å². The molecule has 44 heavy (non-hydrogen) atoms. The number of cyclic esters (lactones) is 1. The summed E-state index contributed by atoms with van der Waals surface area (Å²) in [6.07, 6.45) is -0.876. The van der Waals surface area contributed by atoms with Gasteiger partial charge in [0.25, 0.3) is 0 Å². The smallest absolute Gasteiger partial charge is 0.416 e. The molecule has 2 amide bonds. The number of carbonyl (C=O) groups excluding carboxylic acids is 3. The van der Waals surface area contributed by atoms with Crippen LogP contribution < -0.4 is 0 Å². The van der Waals surface area contributed by atoms with Gasteiger partial charge in [-0.25, -0.2) is 9.69 Å². The Balaban J connectivity index is 1.54. The van der Waals surface area contributed by atoms with Gasteiger partial charge in [-0.3, -0.25) is 14.2 Å². The van der Waals surface area contributed by atoms with Crippen molar-refractivity contribution < 1.29 is 37.5 Å². The highest BCUT2D eigenvalue weighted by molar-refractivity contribution is 7.53. The minimum atomic E-state index is -3.78. The van der Waals surface area contributed by atoms with Gasteiger partial charge in [0.15, 0.2) is 0 Å². The van der Waals surface area contributed by atoms with Gasteiger partial charge in [-0.2, -0.15) is 0 Å². The highest BCUT2D eigenvalue weighted by atomic mass is 31.2. The molecule has 1 aliphatic rings. The van der Waals surface area contributed by atoms with E-state index in [-0.39, 0.29) is 38.8 Å². The molecule has 0 aromatic heterocycles. The summed E-state index contributed by atoms with van der Waals surface area (Å²) in [5.74, 6) is -2.21. The van der Waals surface area contributed by atoms with Gasteiger partial charge < -0.3 is 18.5 Å². The van der Waals surface area contributed by atoms with Crippen LogP contribution in [-0.4, -0.2) is 47.3 Å². The third-order valence-corrected chi connectivity index (χ3v) is 8.84. The van der Waals surface area contributed by atoms with Crippen molar-refractivity contribution in [3.63, 3.8) is 0 Å². The van der Waals surface area contributed by atoms with E-state index in [2.05, 4.69) is 0 Å². The van der Waals surface area contributed by atoms with Gasteiger partial charge in [0.1, 0.15) is 12.2 Å². The number of nitrogens with zero attached hydrogens (tertiary/aromatic N) is 1. The molecule has 10 heteroatoms. The van der Waals surface area contributed by atoms with Gasteiger partial charge in [-0.05, 0) is 50.3 Å². The summed E-state index contributed by atoms with van der Waals surface area (Å²) in [6.45, 7) is 5.32. The quantitative estimate of drug-likeness (QED) is 0.141. The first-order chi connectivity index (χ1) is 21.0. The normalized spacial score (nSPS) is 15.9. The number of amides is 2. The predicted octanol–water partition coefficient (Wildman–Crippen LogP) is 6.94. The molecule has 0 saturated carbocycles. The van der Waals surface area contributed by atoms with Gasteiger partial charge >= 0.3 is 19.7 Å². The first kappa shape index (κ1) is 33.1. The van der Waals surface area contributed by atoms with E-state index in [4.69, 9.17) is 18.5 Å². The summed E-state index contributed by atoms with van der Waals surface area (Å²) in [4.78, 5) is 40.8. The monoisotopic (exact) mass is 621 g/mol. The first-order valence-corrected chi connectivity index (χ1v) is 16.5. The summed E-state index contributed by atoms with van der Waals surface area (Å²) in [5.41, 5.74) is 1.77. The van der Waals surface area contributed by atoms with Crippen molar-refractivity contribution in [1.82, 2.24) is 4.90 Å². The Morgan fingerprint density at radius 1 is 0.864 bits per heavy atom. The number of imide groups is 1. The van der Waals surface area contributed by atoms with E-state index in [0.717, 1.165) is 21.6 Å². The Morgan fingerprint density at radius 2 is 1.36 bits per heavy atom. The van der Waals surface area contributed by atoms with Crippen LogP contribution in [0.1, 0.15) is 50.3 Å². The molecule has 0 spiro atoms. The van der Waals surface area contributed by atoms with Crippen LogP contribution in [0, 0.1) is 5.92 Å². The summed E-state index contributed by atoms with van der Waals surface area (Å²) < 4.78 is 36.7. The number of hydrogen-bond donors (Lipinski definition) is 0. The summed E-state index contributed by atoms with van der Waals surface area (Å²) in [7, 11) is -3.78. The summed E-state index contributed by atoms with van der Waals surface area (Å²) in [5, 5.41) is 0. The molecule has 1 fully saturated rings. The Bertz CT molecular complexity index is 1380. The van der Waals surface area contributed by atoms with Crippen LogP contribution in [-0.2, 0) is 52.3 Å². The van der Waals surface area contributed by atoms with Crippen molar-refractivity contribution in [2.45, 2.75) is 64.9 Å². The third-order valence-electron chi connectivity index (χ3n) is 6.99. The SMILES string of the molecule is CC(C)(C)OC(=O)CC(CCP(=O)(OCc1ccccc1)OCc1ccccc1)C(=O)N1C(=O)OCC1Cc1ccccc1. The maximum absolute atomic E-state index is 14.1. The van der Waals surface area contributed by atoms with Gasteiger partial charge in [-0.1, -0.05) is 91.0 Å². The molecule has 2 atom stereocenters. The lowest BCUT2D eigenvalue weighted by atomic mass is 9.98. The first-order valence-electron chi connectivity index (χ1n) is 14.7. The second kappa shape index (κ2) is 15.3. The van der Waals surface area contributed by atoms with E-state index in [1.807, 2.05) is 91.0 Å². The molecule has 9 nitrogen and oxygen atoms in total. The van der Waals surface area contributed by atoms with E-state index in [1.54, 1.807) is 20.8 Å². The number of esters is 1. The maximum Gasteiger partial charge on any atom is 0.416 e. The summed E-state index contributed by atoms with van der Waals surface area (Å²) >= 11 is 0. The van der Waals surface area contributed by atoms with Crippen molar-refractivity contribution in [2.75, 3.05) is 12.8 Å². The van der Waals surface area contributed by atoms with Crippen LogP contribution in [0.3, 0.4) is 0 Å². The standard InChI is InChI=1S/C34H40NO8P/c1-34(2,3)43-31(36)22-29(32(37)35-30(25-40-33(35)38)21-26-13-7-4-8-14-26)19-20-44(39,41-23-27-15-9-5-10-16-27)42-24-28-17-11-6-12-18-28/h4-18,29-30H,19-25H2,1-3H3. The van der Waals surface area contributed by atoms with Crippen LogP contribution in [0.2, 0.25) is 0 Å². The third kappa shape index (κ3) is 10.2. The highest BCUT2D eigenvalue weighted by Crippen LogP contribution is 2.51. The minimum Gasteiger partial charge on any atom is -0.460 e. The van der Waals surface area contributed by atoms with Gasteiger partial charge in [0.05, 0.1) is 31.8 Å². The Hall–Kier alpha value is -3.78. The van der Waals surface area contributed by atoms with E-state index >= 15 is 0 Å². The average Bonchev–Trinajstić information content (AvgIpc) is 3.37. The minimum absolute atomic E-state index is 0.0369. The fraction of sp³-hybridized carbons (Fsp3) is 0.382. The van der Waals surface area contributed by atoms with Crippen molar-refractivity contribution >= 4 is 25.6 Å². The van der Waals surface area contributed by atoms with Gasteiger partial charge in [0.2, 0.25) is 5.91 Å². The molecule has 4 rings (SSSR count). The second-order valence-electron chi connectivity index (χ2n) is 11.8. The zero-order chi connectivity index (χ0) is 31.6. The predicted molar refractivity (Wildman–Crippen MR) is 166 cm³/mol. The highest BCUT2D eigenvalue weighted by Gasteiger charge is 2.42. The molecule has 1 heterocycles. The fourth-order valence-electron chi connectivity index (χ4n) is 4.84. The molecule has 2 unspecified atom stereocenters. The van der Waals surface area contributed by atoms with E-state index < -0.39 is 43.1 Å². The lowest BCUT2D eigenvalue weighted by Gasteiger charge is -2.27.